The van der Waals surface area contributed by atoms with Crippen LogP contribution in [0.5, 0.6) is 0 Å². The van der Waals surface area contributed by atoms with E-state index in [9.17, 15) is 9.50 Å². The van der Waals surface area contributed by atoms with Crippen molar-refractivity contribution in [2.24, 2.45) is 5.92 Å². The first kappa shape index (κ1) is 15.6. The number of halogens is 1. The summed E-state index contributed by atoms with van der Waals surface area (Å²) in [6.07, 6.45) is 1.78. The van der Waals surface area contributed by atoms with Gasteiger partial charge in [-0.2, -0.15) is 5.10 Å². The van der Waals surface area contributed by atoms with E-state index < -0.39 is 5.60 Å². The molecule has 0 aliphatic carbocycles. The maximum atomic E-state index is 13.7. The number of aryl methyl sites for hydroxylation is 1. The second kappa shape index (κ2) is 5.93. The zero-order chi connectivity index (χ0) is 15.6. The van der Waals surface area contributed by atoms with E-state index >= 15 is 0 Å². The van der Waals surface area contributed by atoms with Crippen LogP contribution in [0.3, 0.4) is 0 Å². The van der Waals surface area contributed by atoms with Crippen LogP contribution in [-0.2, 0) is 18.6 Å². The molecule has 1 aromatic carbocycles. The number of rotatable bonds is 5. The molecular weight excluding hydrogens is 269 g/mol. The molecule has 0 aliphatic rings. The normalized spacial score (nSPS) is 14.4. The third kappa shape index (κ3) is 3.67. The minimum absolute atomic E-state index is 0.294. The molecule has 0 radical (unpaired) electrons. The highest BCUT2D eigenvalue weighted by atomic mass is 19.1. The van der Waals surface area contributed by atoms with Crippen LogP contribution in [0.25, 0.3) is 0 Å². The highest BCUT2D eigenvalue weighted by Crippen LogP contribution is 2.26. The highest BCUT2D eigenvalue weighted by molar-refractivity contribution is 5.28. The quantitative estimate of drug-likeness (QED) is 0.921. The van der Waals surface area contributed by atoms with Gasteiger partial charge in [-0.3, -0.25) is 0 Å². The molecule has 1 unspecified atom stereocenters. The van der Waals surface area contributed by atoms with E-state index in [1.54, 1.807) is 30.7 Å². The molecule has 0 fully saturated rings. The standard InChI is InChI=1S/C16H22FN3O/c1-11(2)9-20-15(18-10-19-20)8-16(4,21)13-6-5-12(3)14(17)7-13/h5-7,10-11,21H,8-9H2,1-4H3. The molecule has 114 valence electrons. The number of hydrogen-bond donors (Lipinski definition) is 1. The van der Waals surface area contributed by atoms with Gasteiger partial charge in [0.2, 0.25) is 0 Å². The molecule has 1 heterocycles. The predicted octanol–water partition coefficient (Wildman–Crippen LogP) is 2.83. The molecular formula is C16H22FN3O. The Balaban J connectivity index is 2.24. The SMILES string of the molecule is Cc1ccc(C(C)(O)Cc2ncnn2CC(C)C)cc1F. The average molecular weight is 291 g/mol. The summed E-state index contributed by atoms with van der Waals surface area (Å²) in [7, 11) is 0. The number of nitrogens with zero attached hydrogens (tertiary/aromatic N) is 3. The number of hydrogen-bond acceptors (Lipinski definition) is 3. The Kier molecular flexibility index (Phi) is 4.42. The van der Waals surface area contributed by atoms with Gasteiger partial charge in [-0.05, 0) is 37.0 Å². The van der Waals surface area contributed by atoms with Crippen molar-refractivity contribution in [3.63, 3.8) is 0 Å². The van der Waals surface area contributed by atoms with E-state index in [-0.39, 0.29) is 5.82 Å². The molecule has 0 saturated carbocycles. The van der Waals surface area contributed by atoms with Gasteiger partial charge in [0.1, 0.15) is 18.0 Å². The Morgan fingerprint density at radius 2 is 2.10 bits per heavy atom. The predicted molar refractivity (Wildman–Crippen MR) is 79.3 cm³/mol. The summed E-state index contributed by atoms with van der Waals surface area (Å²) >= 11 is 0. The number of aliphatic hydroxyl groups is 1. The Hall–Kier alpha value is -1.75. The third-order valence-electron chi connectivity index (χ3n) is 3.53. The summed E-state index contributed by atoms with van der Waals surface area (Å²) in [5.41, 5.74) is -0.0711. The first-order chi connectivity index (χ1) is 9.79. The van der Waals surface area contributed by atoms with Crippen LogP contribution in [0.15, 0.2) is 24.5 Å². The van der Waals surface area contributed by atoms with E-state index in [0.717, 1.165) is 6.54 Å². The maximum absolute atomic E-state index is 13.7. The Bertz CT molecular complexity index is 620. The van der Waals surface area contributed by atoms with Gasteiger partial charge < -0.3 is 5.11 Å². The largest absolute Gasteiger partial charge is 0.385 e. The van der Waals surface area contributed by atoms with E-state index in [4.69, 9.17) is 0 Å². The van der Waals surface area contributed by atoms with Crippen molar-refractivity contribution in [3.05, 3.63) is 47.3 Å². The van der Waals surface area contributed by atoms with Crippen molar-refractivity contribution in [1.82, 2.24) is 14.8 Å². The van der Waals surface area contributed by atoms with Gasteiger partial charge >= 0.3 is 0 Å². The fourth-order valence-electron chi connectivity index (χ4n) is 2.26. The maximum Gasteiger partial charge on any atom is 0.138 e. The van der Waals surface area contributed by atoms with Crippen LogP contribution in [0, 0.1) is 18.7 Å². The lowest BCUT2D eigenvalue weighted by atomic mass is 9.91. The highest BCUT2D eigenvalue weighted by Gasteiger charge is 2.27. The van der Waals surface area contributed by atoms with Crippen molar-refractivity contribution >= 4 is 0 Å². The first-order valence-electron chi connectivity index (χ1n) is 7.15. The second-order valence-electron chi connectivity index (χ2n) is 6.17. The third-order valence-corrected chi connectivity index (χ3v) is 3.53. The average Bonchev–Trinajstić information content (AvgIpc) is 2.78. The molecule has 4 nitrogen and oxygen atoms in total. The zero-order valence-corrected chi connectivity index (χ0v) is 13.0. The van der Waals surface area contributed by atoms with E-state index in [2.05, 4.69) is 23.9 Å². The van der Waals surface area contributed by atoms with Gasteiger partial charge in [0.05, 0.1) is 5.60 Å². The number of aromatic nitrogens is 3. The molecule has 2 rings (SSSR count). The van der Waals surface area contributed by atoms with Crippen LogP contribution in [-0.4, -0.2) is 19.9 Å². The Morgan fingerprint density at radius 3 is 2.71 bits per heavy atom. The Morgan fingerprint density at radius 1 is 1.38 bits per heavy atom. The summed E-state index contributed by atoms with van der Waals surface area (Å²) in [5, 5.41) is 14.9. The van der Waals surface area contributed by atoms with Crippen LogP contribution < -0.4 is 0 Å². The lowest BCUT2D eigenvalue weighted by molar-refractivity contribution is 0.0537. The van der Waals surface area contributed by atoms with E-state index in [1.165, 1.54) is 12.4 Å². The molecule has 0 amide bonds. The second-order valence-corrected chi connectivity index (χ2v) is 6.17. The fraction of sp³-hybridized carbons (Fsp3) is 0.500. The van der Waals surface area contributed by atoms with Gasteiger partial charge in [-0.15, -0.1) is 0 Å². The monoisotopic (exact) mass is 291 g/mol. The molecule has 1 aromatic heterocycles. The van der Waals surface area contributed by atoms with Crippen molar-refractivity contribution < 1.29 is 9.50 Å². The van der Waals surface area contributed by atoms with Crippen molar-refractivity contribution in [1.29, 1.82) is 0 Å². The van der Waals surface area contributed by atoms with Gasteiger partial charge in [0.25, 0.3) is 0 Å². The minimum Gasteiger partial charge on any atom is -0.385 e. The van der Waals surface area contributed by atoms with Crippen LogP contribution in [0.2, 0.25) is 0 Å². The van der Waals surface area contributed by atoms with Crippen molar-refractivity contribution in [3.8, 4) is 0 Å². The number of benzene rings is 1. The van der Waals surface area contributed by atoms with Gasteiger partial charge in [-0.1, -0.05) is 26.0 Å². The van der Waals surface area contributed by atoms with Crippen molar-refractivity contribution in [2.45, 2.75) is 46.3 Å². The van der Waals surface area contributed by atoms with Gasteiger partial charge in [0, 0.05) is 13.0 Å². The summed E-state index contributed by atoms with van der Waals surface area (Å²) < 4.78 is 15.5. The van der Waals surface area contributed by atoms with E-state index in [1.807, 2.05) is 0 Å². The molecule has 0 spiro atoms. The molecule has 5 heteroatoms. The zero-order valence-electron chi connectivity index (χ0n) is 13.0. The van der Waals surface area contributed by atoms with E-state index in [0.29, 0.717) is 29.3 Å². The van der Waals surface area contributed by atoms with Crippen LogP contribution in [0.1, 0.15) is 37.7 Å². The Labute approximate surface area is 124 Å². The topological polar surface area (TPSA) is 50.9 Å². The molecule has 21 heavy (non-hydrogen) atoms. The van der Waals surface area contributed by atoms with Crippen LogP contribution in [0.4, 0.5) is 4.39 Å². The molecule has 0 saturated heterocycles. The smallest absolute Gasteiger partial charge is 0.138 e. The first-order valence-corrected chi connectivity index (χ1v) is 7.15. The molecule has 0 bridgehead atoms. The summed E-state index contributed by atoms with van der Waals surface area (Å²) in [5.74, 6) is 0.832. The molecule has 1 N–H and O–H groups in total. The van der Waals surface area contributed by atoms with Gasteiger partial charge in [-0.25, -0.2) is 14.1 Å². The molecule has 1 atom stereocenters. The fourth-order valence-corrected chi connectivity index (χ4v) is 2.26. The van der Waals surface area contributed by atoms with Crippen molar-refractivity contribution in [2.75, 3.05) is 0 Å². The van der Waals surface area contributed by atoms with Crippen LogP contribution >= 0.6 is 0 Å². The summed E-state index contributed by atoms with van der Waals surface area (Å²) in [4.78, 5) is 4.22. The molecule has 2 aromatic rings. The lowest BCUT2D eigenvalue weighted by Crippen LogP contribution is -2.27. The molecule has 0 aliphatic heterocycles. The van der Waals surface area contributed by atoms with Gasteiger partial charge in [0.15, 0.2) is 0 Å². The lowest BCUT2D eigenvalue weighted by Gasteiger charge is -2.24. The summed E-state index contributed by atoms with van der Waals surface area (Å²) in [6.45, 7) is 8.31. The minimum atomic E-state index is -1.18. The summed E-state index contributed by atoms with van der Waals surface area (Å²) in [6, 6.07) is 4.82.